The van der Waals surface area contributed by atoms with E-state index in [0.717, 1.165) is 36.1 Å². The van der Waals surface area contributed by atoms with Crippen LogP contribution in [0.25, 0.3) is 11.1 Å². The van der Waals surface area contributed by atoms with Gasteiger partial charge in [-0.25, -0.2) is 13.1 Å². The van der Waals surface area contributed by atoms with Gasteiger partial charge in [0.15, 0.2) is 0 Å². The molecular formula is C30H39N3O6S. The number of hydrogen-bond acceptors (Lipinski definition) is 8. The maximum Gasteiger partial charge on any atom is 0.268 e. The predicted molar refractivity (Wildman–Crippen MR) is 156 cm³/mol. The van der Waals surface area contributed by atoms with Crippen molar-refractivity contribution >= 4 is 15.9 Å². The van der Waals surface area contributed by atoms with E-state index in [-0.39, 0.29) is 30.3 Å². The highest BCUT2D eigenvalue weighted by atomic mass is 32.2. The molecule has 0 bridgehead atoms. The van der Waals surface area contributed by atoms with Crippen molar-refractivity contribution in [3.8, 4) is 16.9 Å². The normalized spacial score (nSPS) is 12.3. The maximum atomic E-state index is 12.8. The average Bonchev–Trinajstić information content (AvgIpc) is 2.95. The molecule has 0 unspecified atom stereocenters. The van der Waals surface area contributed by atoms with Gasteiger partial charge in [-0.3, -0.25) is 9.78 Å². The minimum atomic E-state index is -3.87. The Kier molecular flexibility index (Phi) is 12.1. The molecular weight excluding hydrogens is 530 g/mol. The number of carbonyl (C=O) groups is 1. The Hall–Kier alpha value is -3.31. The molecule has 1 heterocycles. The first-order valence-electron chi connectivity index (χ1n) is 13.5. The summed E-state index contributed by atoms with van der Waals surface area (Å²) in [7, 11) is -3.87. The largest absolute Gasteiger partial charge is 0.492 e. The molecule has 0 aliphatic carbocycles. The van der Waals surface area contributed by atoms with Crippen LogP contribution in [0.3, 0.4) is 0 Å². The van der Waals surface area contributed by atoms with E-state index in [4.69, 9.17) is 9.84 Å². The van der Waals surface area contributed by atoms with E-state index in [1.807, 2.05) is 38.1 Å². The summed E-state index contributed by atoms with van der Waals surface area (Å²) in [6.07, 6.45) is 4.59. The fourth-order valence-electron chi connectivity index (χ4n) is 3.98. The molecule has 3 aromatic rings. The molecule has 0 fully saturated rings. The van der Waals surface area contributed by atoms with Crippen molar-refractivity contribution in [3.63, 3.8) is 0 Å². The van der Waals surface area contributed by atoms with Crippen LogP contribution in [0.15, 0.2) is 67.0 Å². The summed E-state index contributed by atoms with van der Waals surface area (Å²) in [6, 6.07) is 16.9. The number of nitrogens with zero attached hydrogens (tertiary/aromatic N) is 1. The van der Waals surface area contributed by atoms with E-state index in [0.29, 0.717) is 18.9 Å². The summed E-state index contributed by atoms with van der Waals surface area (Å²) < 4.78 is 32.3. The molecule has 3 rings (SSSR count). The van der Waals surface area contributed by atoms with E-state index in [2.05, 4.69) is 27.2 Å². The fourth-order valence-corrected chi connectivity index (χ4v) is 4.98. The number of aryl methyl sites for hydroxylation is 1. The van der Waals surface area contributed by atoms with Crippen molar-refractivity contribution in [2.75, 3.05) is 32.1 Å². The first kappa shape index (κ1) is 31.2. The van der Waals surface area contributed by atoms with E-state index < -0.39 is 22.0 Å². The van der Waals surface area contributed by atoms with Crippen LogP contribution < -0.4 is 14.8 Å². The maximum absolute atomic E-state index is 12.8. The molecule has 10 heteroatoms. The summed E-state index contributed by atoms with van der Waals surface area (Å²) in [5.74, 6) is -0.587. The third kappa shape index (κ3) is 10.0. The number of aliphatic hydroxyl groups is 2. The number of amides is 1. The van der Waals surface area contributed by atoms with E-state index in [1.165, 1.54) is 5.56 Å². The van der Waals surface area contributed by atoms with Gasteiger partial charge in [0.25, 0.3) is 5.91 Å². The van der Waals surface area contributed by atoms with Gasteiger partial charge in [0.1, 0.15) is 5.75 Å². The lowest BCUT2D eigenvalue weighted by Crippen LogP contribution is -2.33. The summed E-state index contributed by atoms with van der Waals surface area (Å²) in [5, 5.41) is 22.4. The monoisotopic (exact) mass is 569 g/mol. The molecule has 0 spiro atoms. The molecule has 4 N–H and O–H groups in total. The molecule has 2 aromatic carbocycles. The van der Waals surface area contributed by atoms with E-state index in [1.54, 1.807) is 30.6 Å². The summed E-state index contributed by atoms with van der Waals surface area (Å²) >= 11 is 0. The molecule has 0 saturated heterocycles. The van der Waals surface area contributed by atoms with Crippen molar-refractivity contribution in [1.29, 1.82) is 0 Å². The highest BCUT2D eigenvalue weighted by molar-refractivity contribution is 7.90. The average molecular weight is 570 g/mol. The Balaban J connectivity index is 1.61. The van der Waals surface area contributed by atoms with Crippen LogP contribution in [0.2, 0.25) is 0 Å². The number of sulfonamides is 1. The van der Waals surface area contributed by atoms with Gasteiger partial charge in [0.05, 0.1) is 24.0 Å². The lowest BCUT2D eigenvalue weighted by Gasteiger charge is -2.15. The second-order valence-corrected chi connectivity index (χ2v) is 11.9. The van der Waals surface area contributed by atoms with Crippen molar-refractivity contribution in [1.82, 2.24) is 15.0 Å². The van der Waals surface area contributed by atoms with Crippen LogP contribution >= 0.6 is 0 Å². The van der Waals surface area contributed by atoms with Gasteiger partial charge in [-0.2, -0.15) is 0 Å². The van der Waals surface area contributed by atoms with Gasteiger partial charge in [-0.05, 0) is 66.6 Å². The van der Waals surface area contributed by atoms with Crippen LogP contribution in [0.1, 0.15) is 54.3 Å². The van der Waals surface area contributed by atoms with Crippen molar-refractivity contribution in [2.45, 2.75) is 39.2 Å². The fraction of sp³-hybridized carbons (Fsp3) is 0.400. The third-order valence-electron chi connectivity index (χ3n) is 6.13. The van der Waals surface area contributed by atoms with Crippen LogP contribution in [0.4, 0.5) is 0 Å². The van der Waals surface area contributed by atoms with E-state index in [9.17, 15) is 18.3 Å². The number of hydrogen-bond donors (Lipinski definition) is 4. The van der Waals surface area contributed by atoms with Gasteiger partial charge in [-0.15, -0.1) is 0 Å². The molecule has 1 aromatic heterocycles. The van der Waals surface area contributed by atoms with Crippen LogP contribution in [0.5, 0.6) is 5.75 Å². The first-order chi connectivity index (χ1) is 19.2. The number of rotatable bonds is 16. The second kappa shape index (κ2) is 15.5. The molecule has 1 atom stereocenters. The Labute approximate surface area is 236 Å². The summed E-state index contributed by atoms with van der Waals surface area (Å²) in [5.41, 5.74) is 3.89. The molecule has 0 radical (unpaired) electrons. The van der Waals surface area contributed by atoms with Gasteiger partial charge in [0.2, 0.25) is 10.0 Å². The van der Waals surface area contributed by atoms with Crippen LogP contribution in [-0.2, 0) is 16.4 Å². The Morgan fingerprint density at radius 2 is 1.80 bits per heavy atom. The molecule has 0 aliphatic heterocycles. The first-order valence-corrected chi connectivity index (χ1v) is 15.1. The molecule has 9 nitrogen and oxygen atoms in total. The highest BCUT2D eigenvalue weighted by Gasteiger charge is 2.20. The number of ether oxygens (including phenoxy) is 1. The lowest BCUT2D eigenvalue weighted by atomic mass is 10.00. The van der Waals surface area contributed by atoms with Gasteiger partial charge in [-0.1, -0.05) is 50.2 Å². The summed E-state index contributed by atoms with van der Waals surface area (Å²) in [4.78, 5) is 16.8. The topological polar surface area (TPSA) is 138 Å². The zero-order valence-electron chi connectivity index (χ0n) is 23.0. The summed E-state index contributed by atoms with van der Waals surface area (Å²) in [6.45, 7) is 5.30. The zero-order chi connectivity index (χ0) is 29.0. The zero-order valence-corrected chi connectivity index (χ0v) is 23.9. The standard InChI is InChI=1S/C30H39N3O6S/c1-22(2)21-39-29-18-25(12-13-27(29)30(36)33-40(37,38)17-5-16-34)24-10-8-23(9-11-24)6-3-14-32-20-28(35)26-7-4-15-31-19-26/h4,7-13,15,18-19,22,28,32,34-35H,3,5-6,14,16-17,20-21H2,1-2H3,(H,33,36)/t28-/m0/s1. The Morgan fingerprint density at radius 3 is 2.48 bits per heavy atom. The second-order valence-electron chi connectivity index (χ2n) is 10.0. The minimum absolute atomic E-state index is 0.0417. The SMILES string of the molecule is CC(C)COc1cc(-c2ccc(CCCNC[C@H](O)c3cccnc3)cc2)ccc1C(=O)NS(=O)(=O)CCCO. The predicted octanol–water partition coefficient (Wildman–Crippen LogP) is 3.48. The van der Waals surface area contributed by atoms with Gasteiger partial charge in [0, 0.05) is 31.1 Å². The van der Waals surface area contributed by atoms with Gasteiger partial charge >= 0.3 is 0 Å². The number of aromatic nitrogens is 1. The van der Waals surface area contributed by atoms with Crippen molar-refractivity contribution < 1.29 is 28.2 Å². The number of carbonyl (C=O) groups excluding carboxylic acids is 1. The number of pyridine rings is 1. The van der Waals surface area contributed by atoms with Crippen molar-refractivity contribution in [2.24, 2.45) is 5.92 Å². The van der Waals surface area contributed by atoms with E-state index >= 15 is 0 Å². The number of aliphatic hydroxyl groups excluding tert-OH is 2. The molecule has 0 saturated carbocycles. The molecule has 40 heavy (non-hydrogen) atoms. The number of nitrogens with one attached hydrogen (secondary N) is 2. The smallest absolute Gasteiger partial charge is 0.268 e. The minimum Gasteiger partial charge on any atom is -0.492 e. The quantitative estimate of drug-likeness (QED) is 0.192. The molecule has 1 amide bonds. The Bertz CT molecular complexity index is 1320. The van der Waals surface area contributed by atoms with Crippen molar-refractivity contribution in [3.05, 3.63) is 83.7 Å². The lowest BCUT2D eigenvalue weighted by molar-refractivity contribution is 0.0976. The highest BCUT2D eigenvalue weighted by Crippen LogP contribution is 2.28. The van der Waals surface area contributed by atoms with Gasteiger partial charge < -0.3 is 20.3 Å². The third-order valence-corrected chi connectivity index (χ3v) is 7.45. The Morgan fingerprint density at radius 1 is 1.05 bits per heavy atom. The van der Waals surface area contributed by atoms with Crippen LogP contribution in [-0.4, -0.2) is 61.6 Å². The van der Waals surface area contributed by atoms with Crippen LogP contribution in [0, 0.1) is 5.92 Å². The molecule has 216 valence electrons. The molecule has 0 aliphatic rings. The number of benzene rings is 2.